The van der Waals surface area contributed by atoms with Gasteiger partial charge in [-0.2, -0.15) is 0 Å². The number of carbonyl (C=O) groups excluding carboxylic acids is 1. The minimum absolute atomic E-state index is 0.0271. The Hall–Kier alpha value is -2.65. The van der Waals surface area contributed by atoms with Gasteiger partial charge in [-0.15, -0.1) is 13.2 Å². The third-order valence-electron chi connectivity index (χ3n) is 4.05. The van der Waals surface area contributed by atoms with E-state index in [0.717, 1.165) is 17.5 Å². The lowest BCUT2D eigenvalue weighted by molar-refractivity contribution is -0.121. The first-order valence-corrected chi connectivity index (χ1v) is 8.59. The molecule has 0 unspecified atom stereocenters. The van der Waals surface area contributed by atoms with E-state index >= 15 is 0 Å². The molecule has 2 aromatic rings. The van der Waals surface area contributed by atoms with Gasteiger partial charge in [0.05, 0.1) is 12.6 Å². The maximum absolute atomic E-state index is 12.4. The Morgan fingerprint density at radius 1 is 0.840 bits per heavy atom. The van der Waals surface area contributed by atoms with Crippen molar-refractivity contribution in [3.8, 4) is 0 Å². The molecule has 0 aliphatic heterocycles. The van der Waals surface area contributed by atoms with Crippen LogP contribution in [0.25, 0.3) is 0 Å². The van der Waals surface area contributed by atoms with Crippen molar-refractivity contribution in [1.29, 1.82) is 0 Å². The molecule has 1 amide bonds. The zero-order valence-electron chi connectivity index (χ0n) is 14.5. The van der Waals surface area contributed by atoms with Gasteiger partial charge in [0.25, 0.3) is 0 Å². The van der Waals surface area contributed by atoms with Crippen molar-refractivity contribution in [2.75, 3.05) is 6.54 Å². The average Bonchev–Trinajstić information content (AvgIpc) is 2.66. The zero-order chi connectivity index (χ0) is 17.9. The number of amides is 1. The fourth-order valence-corrected chi connectivity index (χ4v) is 2.78. The van der Waals surface area contributed by atoms with Crippen molar-refractivity contribution in [2.45, 2.75) is 24.9 Å². The van der Waals surface area contributed by atoms with Crippen molar-refractivity contribution in [2.24, 2.45) is 0 Å². The molecule has 0 spiro atoms. The Kier molecular flexibility index (Phi) is 7.67. The largest absolute Gasteiger partial charge is 0.348 e. The number of nitrogens with one attached hydrogen (secondary N) is 2. The maximum atomic E-state index is 12.4. The van der Waals surface area contributed by atoms with Gasteiger partial charge in [0.1, 0.15) is 0 Å². The summed E-state index contributed by atoms with van der Waals surface area (Å²) in [7, 11) is 0. The van der Waals surface area contributed by atoms with Crippen LogP contribution in [0, 0.1) is 0 Å². The third-order valence-corrected chi connectivity index (χ3v) is 4.05. The van der Waals surface area contributed by atoms with E-state index in [4.69, 9.17) is 0 Å². The van der Waals surface area contributed by atoms with Crippen LogP contribution in [-0.2, 0) is 4.79 Å². The van der Waals surface area contributed by atoms with Crippen molar-refractivity contribution in [3.63, 3.8) is 0 Å². The second kappa shape index (κ2) is 10.3. The SMILES string of the molecule is C=CC[C@H](NCC(=O)N[C@H](CC=C)c1ccccc1)c1ccccc1. The highest BCUT2D eigenvalue weighted by Crippen LogP contribution is 2.18. The number of carbonyl (C=O) groups is 1. The van der Waals surface area contributed by atoms with Crippen LogP contribution < -0.4 is 10.6 Å². The Morgan fingerprint density at radius 3 is 1.84 bits per heavy atom. The molecule has 0 heterocycles. The van der Waals surface area contributed by atoms with E-state index < -0.39 is 0 Å². The number of hydrogen-bond donors (Lipinski definition) is 2. The van der Waals surface area contributed by atoms with E-state index in [1.165, 1.54) is 0 Å². The van der Waals surface area contributed by atoms with Gasteiger partial charge < -0.3 is 10.6 Å². The molecular formula is C22H26N2O. The van der Waals surface area contributed by atoms with Gasteiger partial charge in [-0.25, -0.2) is 0 Å². The van der Waals surface area contributed by atoms with Crippen LogP contribution in [0.15, 0.2) is 86.0 Å². The van der Waals surface area contributed by atoms with Crippen LogP contribution in [0.3, 0.4) is 0 Å². The Bertz CT molecular complexity index is 667. The first kappa shape index (κ1) is 18.7. The minimum atomic E-state index is -0.0532. The lowest BCUT2D eigenvalue weighted by Crippen LogP contribution is -2.37. The summed E-state index contributed by atoms with van der Waals surface area (Å²) < 4.78 is 0. The monoisotopic (exact) mass is 334 g/mol. The average molecular weight is 334 g/mol. The maximum Gasteiger partial charge on any atom is 0.234 e. The summed E-state index contributed by atoms with van der Waals surface area (Å²) in [5.41, 5.74) is 2.24. The fourth-order valence-electron chi connectivity index (χ4n) is 2.78. The van der Waals surface area contributed by atoms with Crippen LogP contribution in [0.5, 0.6) is 0 Å². The molecule has 25 heavy (non-hydrogen) atoms. The molecule has 0 saturated carbocycles. The fraction of sp³-hybridized carbons (Fsp3) is 0.227. The highest BCUT2D eigenvalue weighted by atomic mass is 16.2. The molecule has 0 aromatic heterocycles. The molecule has 2 aromatic carbocycles. The van der Waals surface area contributed by atoms with Gasteiger partial charge in [-0.1, -0.05) is 72.8 Å². The van der Waals surface area contributed by atoms with Gasteiger partial charge in [0.2, 0.25) is 5.91 Å². The van der Waals surface area contributed by atoms with Crippen molar-refractivity contribution in [3.05, 3.63) is 97.1 Å². The molecule has 0 aliphatic carbocycles. The summed E-state index contributed by atoms with van der Waals surface area (Å²) in [6, 6.07) is 20.1. The number of hydrogen-bond acceptors (Lipinski definition) is 2. The molecule has 0 radical (unpaired) electrons. The normalized spacial score (nSPS) is 12.8. The molecule has 0 bridgehead atoms. The molecule has 2 N–H and O–H groups in total. The highest BCUT2D eigenvalue weighted by molar-refractivity contribution is 5.78. The number of benzene rings is 2. The molecule has 2 atom stereocenters. The van der Waals surface area contributed by atoms with E-state index in [2.05, 4.69) is 35.9 Å². The molecule has 130 valence electrons. The second-order valence-corrected chi connectivity index (χ2v) is 5.92. The lowest BCUT2D eigenvalue weighted by Gasteiger charge is -2.21. The summed E-state index contributed by atoms with van der Waals surface area (Å²) in [5.74, 6) is -0.0271. The summed E-state index contributed by atoms with van der Waals surface area (Å²) in [4.78, 5) is 12.4. The van der Waals surface area contributed by atoms with Crippen LogP contribution in [0.1, 0.15) is 36.1 Å². The summed E-state index contributed by atoms with van der Waals surface area (Å²) >= 11 is 0. The number of rotatable bonds is 10. The van der Waals surface area contributed by atoms with Crippen LogP contribution >= 0.6 is 0 Å². The quantitative estimate of drug-likeness (QED) is 0.635. The Morgan fingerprint density at radius 2 is 1.32 bits per heavy atom. The highest BCUT2D eigenvalue weighted by Gasteiger charge is 2.15. The van der Waals surface area contributed by atoms with E-state index in [1.807, 2.05) is 60.7 Å². The minimum Gasteiger partial charge on any atom is -0.348 e. The molecule has 3 heteroatoms. The topological polar surface area (TPSA) is 41.1 Å². The van der Waals surface area contributed by atoms with Crippen molar-refractivity contribution in [1.82, 2.24) is 10.6 Å². The first-order chi connectivity index (χ1) is 12.2. The lowest BCUT2D eigenvalue weighted by atomic mass is 10.0. The second-order valence-electron chi connectivity index (χ2n) is 5.92. The Labute approximate surface area is 150 Å². The summed E-state index contributed by atoms with van der Waals surface area (Å²) in [6.45, 7) is 7.87. The molecule has 0 saturated heterocycles. The first-order valence-electron chi connectivity index (χ1n) is 8.59. The summed E-state index contributed by atoms with van der Waals surface area (Å²) in [5, 5.41) is 6.41. The van der Waals surface area contributed by atoms with E-state index in [1.54, 1.807) is 0 Å². The zero-order valence-corrected chi connectivity index (χ0v) is 14.5. The van der Waals surface area contributed by atoms with Crippen LogP contribution in [0.2, 0.25) is 0 Å². The standard InChI is InChI=1S/C22H26N2O/c1-3-11-20(18-13-7-5-8-14-18)23-17-22(25)24-21(12-4-2)19-15-9-6-10-16-19/h3-10,13-16,20-21,23H,1-2,11-12,17H2,(H,24,25)/t20-,21+/m0/s1. The van der Waals surface area contributed by atoms with Crippen LogP contribution in [0.4, 0.5) is 0 Å². The molecule has 2 rings (SSSR count). The Balaban J connectivity index is 1.95. The van der Waals surface area contributed by atoms with Gasteiger partial charge in [-0.05, 0) is 24.0 Å². The van der Waals surface area contributed by atoms with E-state index in [9.17, 15) is 4.79 Å². The van der Waals surface area contributed by atoms with E-state index in [0.29, 0.717) is 6.42 Å². The van der Waals surface area contributed by atoms with Crippen molar-refractivity contribution < 1.29 is 4.79 Å². The third kappa shape index (κ3) is 6.05. The van der Waals surface area contributed by atoms with E-state index in [-0.39, 0.29) is 24.5 Å². The van der Waals surface area contributed by atoms with Gasteiger partial charge >= 0.3 is 0 Å². The summed E-state index contributed by atoms with van der Waals surface area (Å²) in [6.07, 6.45) is 5.17. The predicted octanol–water partition coefficient (Wildman–Crippen LogP) is 4.33. The van der Waals surface area contributed by atoms with Crippen molar-refractivity contribution >= 4 is 5.91 Å². The van der Waals surface area contributed by atoms with Crippen LogP contribution in [-0.4, -0.2) is 12.5 Å². The molecule has 0 aliphatic rings. The van der Waals surface area contributed by atoms with Gasteiger partial charge in [0.15, 0.2) is 0 Å². The molecule has 0 fully saturated rings. The smallest absolute Gasteiger partial charge is 0.234 e. The molecule has 3 nitrogen and oxygen atoms in total. The van der Waals surface area contributed by atoms with Gasteiger partial charge in [-0.3, -0.25) is 4.79 Å². The van der Waals surface area contributed by atoms with Gasteiger partial charge in [0, 0.05) is 6.04 Å². The molecular weight excluding hydrogens is 308 g/mol. The predicted molar refractivity (Wildman–Crippen MR) is 104 cm³/mol.